The topological polar surface area (TPSA) is 123 Å². The fourth-order valence-corrected chi connectivity index (χ4v) is 4.75. The van der Waals surface area contributed by atoms with Crippen LogP contribution in [0.25, 0.3) is 11.3 Å². The maximum atomic E-state index is 15.3. The molecule has 1 atom stereocenters. The van der Waals surface area contributed by atoms with Crippen LogP contribution in [0, 0.1) is 11.8 Å². The number of hydrogen-bond acceptors (Lipinski definition) is 7. The monoisotopic (exact) mass is 557 g/mol. The number of carbonyl (C=O) groups is 2. The molecule has 0 bridgehead atoms. The minimum atomic E-state index is -1.42. The van der Waals surface area contributed by atoms with Crippen molar-refractivity contribution in [2.45, 2.75) is 19.1 Å². The van der Waals surface area contributed by atoms with Crippen LogP contribution in [0.2, 0.25) is 0 Å². The third-order valence-corrected chi connectivity index (χ3v) is 6.81. The van der Waals surface area contributed by atoms with Gasteiger partial charge in [0.2, 0.25) is 12.1 Å². The Morgan fingerprint density at radius 2 is 1.88 bits per heavy atom. The van der Waals surface area contributed by atoms with Crippen molar-refractivity contribution in [1.29, 1.82) is 0 Å². The fourth-order valence-electron chi connectivity index (χ4n) is 4.75. The highest BCUT2D eigenvalue weighted by molar-refractivity contribution is 6.20. The molecule has 0 radical (unpaired) electrons. The average Bonchev–Trinajstić information content (AvgIpc) is 3.29. The Labute approximate surface area is 233 Å². The van der Waals surface area contributed by atoms with E-state index in [-0.39, 0.29) is 28.6 Å². The standard InChI is InChI=1S/C29H25F2N7O3/c1-2-32-22-12-11-19(26(31)34-22)25-20(13-33-38(25)17-14-41-15-17)28(39)37-27-29(40)36-24-18(9-6-10-21(24)30)23(35-27)16-7-4-3-5-8-16/h3-13,17,27H,2,14-15H2,1H3,(H,32,34)(H,36,40)(H,37,39)/t27-/m1/s1. The number of anilines is 2. The summed E-state index contributed by atoms with van der Waals surface area (Å²) in [7, 11) is 0. The molecule has 6 rings (SSSR count). The van der Waals surface area contributed by atoms with Crippen molar-refractivity contribution in [3.63, 3.8) is 0 Å². The van der Waals surface area contributed by atoms with Crippen LogP contribution < -0.4 is 16.0 Å². The molecule has 0 aliphatic carbocycles. The van der Waals surface area contributed by atoms with Gasteiger partial charge in [0.25, 0.3) is 11.8 Å². The van der Waals surface area contributed by atoms with E-state index in [1.54, 1.807) is 36.4 Å². The number of benzene rings is 2. The summed E-state index contributed by atoms with van der Waals surface area (Å²) in [4.78, 5) is 35.5. The lowest BCUT2D eigenvalue weighted by atomic mass is 10.0. The third-order valence-electron chi connectivity index (χ3n) is 6.81. The van der Waals surface area contributed by atoms with Gasteiger partial charge in [0.15, 0.2) is 0 Å². The van der Waals surface area contributed by atoms with Gasteiger partial charge in [0, 0.05) is 17.7 Å². The molecule has 4 heterocycles. The van der Waals surface area contributed by atoms with E-state index < -0.39 is 29.7 Å². The van der Waals surface area contributed by atoms with Crippen LogP contribution >= 0.6 is 0 Å². The molecule has 2 aromatic heterocycles. The number of nitrogens with one attached hydrogen (secondary N) is 3. The van der Waals surface area contributed by atoms with Crippen molar-refractivity contribution in [1.82, 2.24) is 20.1 Å². The zero-order valence-corrected chi connectivity index (χ0v) is 21.9. The van der Waals surface area contributed by atoms with Gasteiger partial charge < -0.3 is 20.7 Å². The Morgan fingerprint density at radius 1 is 1.07 bits per heavy atom. The van der Waals surface area contributed by atoms with Crippen molar-refractivity contribution in [2.75, 3.05) is 30.4 Å². The van der Waals surface area contributed by atoms with E-state index in [2.05, 4.69) is 31.0 Å². The zero-order chi connectivity index (χ0) is 28.5. The first-order valence-electron chi connectivity index (χ1n) is 13.0. The van der Waals surface area contributed by atoms with Gasteiger partial charge in [-0.05, 0) is 25.1 Å². The largest absolute Gasteiger partial charge is 0.377 e. The molecule has 12 heteroatoms. The number of amides is 2. The highest BCUT2D eigenvalue weighted by atomic mass is 19.1. The van der Waals surface area contributed by atoms with Crippen LogP contribution in [0.4, 0.5) is 20.3 Å². The number of carbonyl (C=O) groups excluding carboxylic acids is 2. The molecule has 2 aliphatic rings. The summed E-state index contributed by atoms with van der Waals surface area (Å²) in [6, 6.07) is 16.3. The molecule has 1 saturated heterocycles. The molecule has 2 amide bonds. The number of para-hydroxylation sites is 1. The van der Waals surface area contributed by atoms with Crippen molar-refractivity contribution in [2.24, 2.45) is 4.99 Å². The second-order valence-corrected chi connectivity index (χ2v) is 9.48. The van der Waals surface area contributed by atoms with Crippen molar-refractivity contribution < 1.29 is 23.1 Å². The van der Waals surface area contributed by atoms with E-state index in [9.17, 15) is 14.0 Å². The Kier molecular flexibility index (Phi) is 6.98. The molecule has 1 fully saturated rings. The van der Waals surface area contributed by atoms with Gasteiger partial charge in [-0.1, -0.05) is 42.5 Å². The number of hydrogen-bond donors (Lipinski definition) is 3. The maximum absolute atomic E-state index is 15.3. The molecule has 10 nitrogen and oxygen atoms in total. The fraction of sp³-hybridized carbons (Fsp3) is 0.207. The van der Waals surface area contributed by atoms with Crippen LogP contribution in [0.3, 0.4) is 0 Å². The number of aromatic nitrogens is 3. The van der Waals surface area contributed by atoms with Gasteiger partial charge in [0.1, 0.15) is 11.6 Å². The van der Waals surface area contributed by atoms with Gasteiger partial charge in [-0.2, -0.15) is 9.49 Å². The molecule has 0 spiro atoms. The van der Waals surface area contributed by atoms with E-state index in [0.717, 1.165) is 0 Å². The highest BCUT2D eigenvalue weighted by Crippen LogP contribution is 2.32. The molecule has 2 aliphatic heterocycles. The lowest BCUT2D eigenvalue weighted by Gasteiger charge is -2.28. The Morgan fingerprint density at radius 3 is 2.59 bits per heavy atom. The summed E-state index contributed by atoms with van der Waals surface area (Å²) in [6.07, 6.45) is -0.113. The summed E-state index contributed by atoms with van der Waals surface area (Å²) in [6.45, 7) is 3.11. The summed E-state index contributed by atoms with van der Waals surface area (Å²) < 4.78 is 36.9. The summed E-state index contributed by atoms with van der Waals surface area (Å²) >= 11 is 0. The van der Waals surface area contributed by atoms with Gasteiger partial charge in [-0.15, -0.1) is 0 Å². The number of fused-ring (bicyclic) bond motifs is 1. The molecule has 41 heavy (non-hydrogen) atoms. The number of aliphatic imine (C=N–C) groups is 1. The Hall–Kier alpha value is -4.97. The van der Waals surface area contributed by atoms with E-state index >= 15 is 4.39 Å². The van der Waals surface area contributed by atoms with Crippen molar-refractivity contribution in [3.8, 4) is 11.3 Å². The molecular weight excluding hydrogens is 532 g/mol. The minimum Gasteiger partial charge on any atom is -0.377 e. The van der Waals surface area contributed by atoms with Crippen LogP contribution in [-0.2, 0) is 9.53 Å². The molecule has 3 N–H and O–H groups in total. The predicted octanol–water partition coefficient (Wildman–Crippen LogP) is 3.77. The second kappa shape index (κ2) is 10.9. The molecule has 0 unspecified atom stereocenters. The minimum absolute atomic E-state index is 0.0194. The molecule has 0 saturated carbocycles. The number of nitrogens with zero attached hydrogens (tertiary/aromatic N) is 4. The van der Waals surface area contributed by atoms with Crippen LogP contribution in [-0.4, -0.2) is 58.2 Å². The van der Waals surface area contributed by atoms with E-state index in [4.69, 9.17) is 4.74 Å². The maximum Gasteiger partial charge on any atom is 0.269 e. The van der Waals surface area contributed by atoms with Gasteiger partial charge >= 0.3 is 0 Å². The van der Waals surface area contributed by atoms with E-state index in [1.807, 2.05) is 13.0 Å². The average molecular weight is 558 g/mol. The van der Waals surface area contributed by atoms with Crippen molar-refractivity contribution >= 4 is 29.0 Å². The van der Waals surface area contributed by atoms with Crippen molar-refractivity contribution in [3.05, 3.63) is 95.3 Å². The number of rotatable bonds is 7. The van der Waals surface area contributed by atoms with E-state index in [1.165, 1.54) is 29.1 Å². The van der Waals surface area contributed by atoms with Gasteiger partial charge in [-0.3, -0.25) is 14.3 Å². The first-order chi connectivity index (χ1) is 19.9. The van der Waals surface area contributed by atoms with Crippen LogP contribution in [0.15, 0.2) is 71.9 Å². The lowest BCUT2D eigenvalue weighted by Crippen LogP contribution is -2.42. The SMILES string of the molecule is CCNc1ccc(-c2c(C(=O)N[C@H]3N=C(c4ccccc4)c4cccc(F)c4NC3=O)cnn2C2COC2)c(F)n1. The third kappa shape index (κ3) is 4.93. The van der Waals surface area contributed by atoms with Crippen LogP contribution in [0.1, 0.15) is 34.5 Å². The van der Waals surface area contributed by atoms with Crippen LogP contribution in [0.5, 0.6) is 0 Å². The summed E-state index contributed by atoms with van der Waals surface area (Å²) in [5, 5.41) is 12.5. The molecular formula is C29H25F2N7O3. The molecule has 4 aromatic rings. The quantitative estimate of drug-likeness (QED) is 0.298. The molecule has 208 valence electrons. The smallest absolute Gasteiger partial charge is 0.269 e. The Balaban J connectivity index is 1.39. The van der Waals surface area contributed by atoms with Gasteiger partial charge in [-0.25, -0.2) is 14.4 Å². The summed E-state index contributed by atoms with van der Waals surface area (Å²) in [5.74, 6) is -2.53. The number of pyridine rings is 1. The Bertz CT molecular complexity index is 1670. The van der Waals surface area contributed by atoms with E-state index in [0.29, 0.717) is 42.4 Å². The number of benzodiazepines with no additional fused rings is 1. The second-order valence-electron chi connectivity index (χ2n) is 9.48. The highest BCUT2D eigenvalue weighted by Gasteiger charge is 2.33. The first-order valence-corrected chi connectivity index (χ1v) is 13.0. The van der Waals surface area contributed by atoms with Gasteiger partial charge in [0.05, 0.1) is 53.7 Å². The zero-order valence-electron chi connectivity index (χ0n) is 21.9. The normalized spacial score (nSPS) is 16.6. The summed E-state index contributed by atoms with van der Waals surface area (Å²) in [5.41, 5.74) is 1.56. The first kappa shape index (κ1) is 26.3. The molecule has 2 aromatic carbocycles. The lowest BCUT2D eigenvalue weighted by molar-refractivity contribution is -0.117. The number of halogens is 2. The predicted molar refractivity (Wildman–Crippen MR) is 148 cm³/mol. The number of ether oxygens (including phenoxy) is 1.